The number of esters is 1. The maximum absolute atomic E-state index is 11.4. The second-order valence-electron chi connectivity index (χ2n) is 7.79. The largest absolute Gasteiger partial charge is 0.457 e. The zero-order chi connectivity index (χ0) is 19.5. The SMILES string of the molecule is C=CC(=O)OCC[N+](CCCC)(CCCC)CCCCCCCCCC. The molecule has 0 saturated heterocycles. The Balaban J connectivity index is 4.41. The number of nitrogens with zero attached hydrogens (tertiary/aromatic N) is 1. The molecule has 3 heteroatoms. The van der Waals surface area contributed by atoms with Gasteiger partial charge in [0.1, 0.15) is 13.2 Å². The molecule has 154 valence electrons. The molecule has 0 N–H and O–H groups in total. The van der Waals surface area contributed by atoms with Crippen molar-refractivity contribution in [3.63, 3.8) is 0 Å². The van der Waals surface area contributed by atoms with Crippen molar-refractivity contribution in [1.29, 1.82) is 0 Å². The minimum absolute atomic E-state index is 0.291. The third kappa shape index (κ3) is 13.4. The van der Waals surface area contributed by atoms with Gasteiger partial charge in [-0.05, 0) is 25.7 Å². The molecular formula is C23H46NO2+. The molecule has 0 radical (unpaired) electrons. The summed E-state index contributed by atoms with van der Waals surface area (Å²) >= 11 is 0. The summed E-state index contributed by atoms with van der Waals surface area (Å²) in [7, 11) is 0. The molecule has 0 bridgehead atoms. The summed E-state index contributed by atoms with van der Waals surface area (Å²) in [5.41, 5.74) is 0. The van der Waals surface area contributed by atoms with Gasteiger partial charge >= 0.3 is 5.97 Å². The Morgan fingerprint density at radius 2 is 1.19 bits per heavy atom. The van der Waals surface area contributed by atoms with Crippen molar-refractivity contribution in [3.05, 3.63) is 12.7 Å². The maximum atomic E-state index is 11.4. The van der Waals surface area contributed by atoms with Crippen LogP contribution in [0.5, 0.6) is 0 Å². The summed E-state index contributed by atoms with van der Waals surface area (Å²) in [4.78, 5) is 11.4. The van der Waals surface area contributed by atoms with Gasteiger partial charge in [0, 0.05) is 6.08 Å². The highest BCUT2D eigenvalue weighted by molar-refractivity contribution is 5.81. The molecule has 26 heavy (non-hydrogen) atoms. The first-order chi connectivity index (χ1) is 12.6. The standard InChI is InChI=1S/C23H46NO2/c1-5-9-12-13-14-15-16-17-20-24(18-10-6-2,19-11-7-3)21-22-26-23(25)8-4/h8H,4-7,9-22H2,1-3H3/q+1. The third-order valence-electron chi connectivity index (χ3n) is 5.43. The Morgan fingerprint density at radius 1 is 0.731 bits per heavy atom. The highest BCUT2D eigenvalue weighted by atomic mass is 16.5. The van der Waals surface area contributed by atoms with Crippen molar-refractivity contribution in [2.75, 3.05) is 32.8 Å². The van der Waals surface area contributed by atoms with Gasteiger partial charge in [-0.25, -0.2) is 4.79 Å². The minimum atomic E-state index is -0.291. The van der Waals surface area contributed by atoms with E-state index in [2.05, 4.69) is 27.4 Å². The van der Waals surface area contributed by atoms with Crippen molar-refractivity contribution in [2.45, 2.75) is 97.8 Å². The minimum Gasteiger partial charge on any atom is -0.457 e. The van der Waals surface area contributed by atoms with Crippen molar-refractivity contribution >= 4 is 5.97 Å². The monoisotopic (exact) mass is 368 g/mol. The second kappa shape index (κ2) is 17.6. The Morgan fingerprint density at radius 3 is 1.69 bits per heavy atom. The molecule has 0 atom stereocenters. The van der Waals surface area contributed by atoms with E-state index in [-0.39, 0.29) is 5.97 Å². The summed E-state index contributed by atoms with van der Waals surface area (Å²) in [6.45, 7) is 15.5. The van der Waals surface area contributed by atoms with E-state index < -0.39 is 0 Å². The lowest BCUT2D eigenvalue weighted by Crippen LogP contribution is -2.52. The lowest BCUT2D eigenvalue weighted by molar-refractivity contribution is -0.929. The van der Waals surface area contributed by atoms with E-state index in [0.29, 0.717) is 6.61 Å². The lowest BCUT2D eigenvalue weighted by Gasteiger charge is -2.39. The van der Waals surface area contributed by atoms with Gasteiger partial charge in [-0.3, -0.25) is 0 Å². The van der Waals surface area contributed by atoms with E-state index in [1.807, 2.05) is 0 Å². The van der Waals surface area contributed by atoms with Crippen molar-refractivity contribution in [1.82, 2.24) is 0 Å². The Labute approximate surface area is 163 Å². The van der Waals surface area contributed by atoms with Gasteiger partial charge in [-0.15, -0.1) is 0 Å². The molecule has 0 aliphatic carbocycles. The quantitative estimate of drug-likeness (QED) is 0.116. The summed E-state index contributed by atoms with van der Waals surface area (Å²) in [5, 5.41) is 0. The van der Waals surface area contributed by atoms with Gasteiger partial charge in [0.25, 0.3) is 0 Å². The molecule has 0 aromatic carbocycles. The molecule has 0 saturated carbocycles. The van der Waals surface area contributed by atoms with Crippen LogP contribution in [0.3, 0.4) is 0 Å². The highest BCUT2D eigenvalue weighted by Crippen LogP contribution is 2.16. The van der Waals surface area contributed by atoms with Crippen LogP contribution in [0.1, 0.15) is 97.8 Å². The average Bonchev–Trinajstić information content (AvgIpc) is 2.66. The van der Waals surface area contributed by atoms with E-state index in [1.165, 1.54) is 103 Å². The van der Waals surface area contributed by atoms with Crippen LogP contribution in [0.4, 0.5) is 0 Å². The van der Waals surface area contributed by atoms with E-state index in [4.69, 9.17) is 4.74 Å². The van der Waals surface area contributed by atoms with Crippen LogP contribution >= 0.6 is 0 Å². The Hall–Kier alpha value is -0.830. The molecule has 3 nitrogen and oxygen atoms in total. The molecule has 0 unspecified atom stereocenters. The number of carbonyl (C=O) groups is 1. The van der Waals surface area contributed by atoms with Gasteiger partial charge in [0.05, 0.1) is 19.6 Å². The summed E-state index contributed by atoms with van der Waals surface area (Å²) in [6.07, 6.45) is 17.2. The number of quaternary nitrogens is 1. The fourth-order valence-corrected chi connectivity index (χ4v) is 3.64. The average molecular weight is 369 g/mol. The first-order valence-electron chi connectivity index (χ1n) is 11.3. The summed E-state index contributed by atoms with van der Waals surface area (Å²) in [5.74, 6) is -0.291. The molecule has 0 spiro atoms. The predicted octanol–water partition coefficient (Wildman–Crippen LogP) is 6.27. The molecule has 0 aromatic rings. The smallest absolute Gasteiger partial charge is 0.330 e. The molecule has 0 aliphatic heterocycles. The van der Waals surface area contributed by atoms with Crippen molar-refractivity contribution in [2.24, 2.45) is 0 Å². The number of unbranched alkanes of at least 4 members (excludes halogenated alkanes) is 9. The van der Waals surface area contributed by atoms with Crippen LogP contribution in [-0.4, -0.2) is 43.2 Å². The molecule has 0 heterocycles. The van der Waals surface area contributed by atoms with E-state index in [9.17, 15) is 4.79 Å². The van der Waals surface area contributed by atoms with Gasteiger partial charge in [0.15, 0.2) is 0 Å². The van der Waals surface area contributed by atoms with E-state index >= 15 is 0 Å². The topological polar surface area (TPSA) is 26.3 Å². The zero-order valence-electron chi connectivity index (χ0n) is 18.1. The first-order valence-corrected chi connectivity index (χ1v) is 11.3. The number of rotatable bonds is 19. The van der Waals surface area contributed by atoms with Crippen LogP contribution in [0.2, 0.25) is 0 Å². The second-order valence-corrected chi connectivity index (χ2v) is 7.79. The Kier molecular flexibility index (Phi) is 17.0. The fraction of sp³-hybridized carbons (Fsp3) is 0.870. The van der Waals surface area contributed by atoms with Crippen LogP contribution in [-0.2, 0) is 9.53 Å². The van der Waals surface area contributed by atoms with Crippen LogP contribution in [0, 0.1) is 0 Å². The predicted molar refractivity (Wildman–Crippen MR) is 113 cm³/mol. The highest BCUT2D eigenvalue weighted by Gasteiger charge is 2.26. The lowest BCUT2D eigenvalue weighted by atomic mass is 10.1. The molecular weight excluding hydrogens is 322 g/mol. The number of hydrogen-bond acceptors (Lipinski definition) is 2. The van der Waals surface area contributed by atoms with Gasteiger partial charge < -0.3 is 9.22 Å². The summed E-state index contributed by atoms with van der Waals surface area (Å²) in [6, 6.07) is 0. The fourth-order valence-electron chi connectivity index (χ4n) is 3.64. The van der Waals surface area contributed by atoms with Crippen LogP contribution in [0.25, 0.3) is 0 Å². The number of hydrogen-bond donors (Lipinski definition) is 0. The molecule has 0 aliphatic rings. The van der Waals surface area contributed by atoms with Crippen LogP contribution < -0.4 is 0 Å². The molecule has 0 aromatic heterocycles. The third-order valence-corrected chi connectivity index (χ3v) is 5.43. The number of carbonyl (C=O) groups excluding carboxylic acids is 1. The van der Waals surface area contributed by atoms with Crippen molar-refractivity contribution < 1.29 is 14.0 Å². The van der Waals surface area contributed by atoms with E-state index in [1.54, 1.807) is 0 Å². The number of ether oxygens (including phenoxy) is 1. The molecule has 0 fully saturated rings. The van der Waals surface area contributed by atoms with Crippen molar-refractivity contribution in [3.8, 4) is 0 Å². The molecule has 0 amide bonds. The van der Waals surface area contributed by atoms with Gasteiger partial charge in [-0.2, -0.15) is 0 Å². The van der Waals surface area contributed by atoms with Gasteiger partial charge in [-0.1, -0.05) is 78.7 Å². The zero-order valence-corrected chi connectivity index (χ0v) is 18.1. The van der Waals surface area contributed by atoms with E-state index in [0.717, 1.165) is 11.0 Å². The van der Waals surface area contributed by atoms with Gasteiger partial charge in [0.2, 0.25) is 0 Å². The normalized spacial score (nSPS) is 11.5. The maximum Gasteiger partial charge on any atom is 0.330 e. The summed E-state index contributed by atoms with van der Waals surface area (Å²) < 4.78 is 6.44. The Bertz CT molecular complexity index is 333. The molecule has 0 rings (SSSR count). The van der Waals surface area contributed by atoms with Crippen LogP contribution in [0.15, 0.2) is 12.7 Å². The first kappa shape index (κ1) is 25.2.